The first-order valence-corrected chi connectivity index (χ1v) is 18.2. The third-order valence-corrected chi connectivity index (χ3v) is 8.42. The summed E-state index contributed by atoms with van der Waals surface area (Å²) >= 11 is 1.74. The van der Waals surface area contributed by atoms with E-state index in [0.29, 0.717) is 65.3 Å². The van der Waals surface area contributed by atoms with Gasteiger partial charge in [0.25, 0.3) is 0 Å². The van der Waals surface area contributed by atoms with Gasteiger partial charge in [-0.1, -0.05) is 37.1 Å². The van der Waals surface area contributed by atoms with Gasteiger partial charge in [0.2, 0.25) is 0 Å². The Bertz CT molecular complexity index is 1360. The number of thioether (sulfide) groups is 1. The van der Waals surface area contributed by atoms with Crippen LogP contribution in [0.5, 0.6) is 11.5 Å². The molecule has 0 aliphatic carbocycles. The van der Waals surface area contributed by atoms with Crippen LogP contribution in [0, 0.1) is 0 Å². The summed E-state index contributed by atoms with van der Waals surface area (Å²) in [5.41, 5.74) is 5.65. The van der Waals surface area contributed by atoms with Crippen molar-refractivity contribution in [2.45, 2.75) is 90.1 Å². The Morgan fingerprint density at radius 2 is 1.37 bits per heavy atom. The zero-order valence-corrected chi connectivity index (χ0v) is 30.5. The normalized spacial score (nSPS) is 10.4. The Morgan fingerprint density at radius 3 is 2.06 bits per heavy atom. The Morgan fingerprint density at radius 1 is 0.673 bits per heavy atom. The van der Waals surface area contributed by atoms with E-state index < -0.39 is 0 Å². The van der Waals surface area contributed by atoms with Gasteiger partial charge in [0.15, 0.2) is 0 Å². The highest BCUT2D eigenvalue weighted by molar-refractivity contribution is 7.98. The zero-order chi connectivity index (χ0) is 33.7. The molecule has 49 heavy (non-hydrogen) atoms. The summed E-state index contributed by atoms with van der Waals surface area (Å²) in [7, 11) is 0. The van der Waals surface area contributed by atoms with E-state index in [9.17, 15) is 9.59 Å². The van der Waals surface area contributed by atoms with Gasteiger partial charge >= 0.3 is 11.9 Å². The molecule has 4 N–H and O–H groups in total. The number of carbonyl (C=O) groups is 2. The van der Waals surface area contributed by atoms with Gasteiger partial charge in [-0.3, -0.25) is 9.59 Å². The molecule has 0 radical (unpaired) electrons. The number of benzene rings is 3. The summed E-state index contributed by atoms with van der Waals surface area (Å²) in [4.78, 5) is 25.1. The van der Waals surface area contributed by atoms with Gasteiger partial charge in [-0.05, 0) is 123 Å². The van der Waals surface area contributed by atoms with E-state index in [2.05, 4.69) is 54.8 Å². The molecule has 0 saturated carbocycles. The van der Waals surface area contributed by atoms with Crippen LogP contribution in [0.15, 0.2) is 65.6 Å². The summed E-state index contributed by atoms with van der Waals surface area (Å²) in [5.74, 6) is 1.22. The van der Waals surface area contributed by atoms with Crippen molar-refractivity contribution < 1.29 is 44.2 Å². The van der Waals surface area contributed by atoms with E-state index in [-0.39, 0.29) is 22.9 Å². The average Bonchev–Trinajstić information content (AvgIpc) is 3.08. The monoisotopic (exact) mass is 700 g/mol. The molecule has 0 bridgehead atoms. The lowest BCUT2D eigenvalue weighted by atomic mass is 9.96. The first kappa shape index (κ1) is 43.5. The molecule has 9 nitrogen and oxygen atoms in total. The SMILES string of the molecule is CCOCc1cc(OCCCCCCc2cccc(OCCCC(=O)OCC)c2CCC(=O)OCC)cc(-c2ccc(SC)cc2)c1.O.O. The Balaban J connectivity index is 0.00000600. The molecule has 3 aromatic carbocycles. The Labute approximate surface area is 296 Å². The minimum atomic E-state index is -0.213. The standard InChI is InChI=1S/C39H52O7S.2H2O/c1-5-42-29-30-26-33(31-18-20-35(47-4)21-19-31)28-34(27-30)45-24-11-9-8-10-14-32-15-12-16-37(36(32)22-23-39(41)44-7-3)46-25-13-17-38(40)43-6-2;;/h12,15-16,18-21,26-28H,5-11,13-14,17,22-25,29H2,1-4H3;2*1H2. The van der Waals surface area contributed by atoms with E-state index in [1.165, 1.54) is 16.0 Å². The minimum absolute atomic E-state index is 0. The summed E-state index contributed by atoms with van der Waals surface area (Å²) in [6.07, 6.45) is 8.87. The van der Waals surface area contributed by atoms with E-state index in [1.807, 2.05) is 26.0 Å². The van der Waals surface area contributed by atoms with Crippen LogP contribution < -0.4 is 9.47 Å². The first-order chi connectivity index (χ1) is 23.0. The summed E-state index contributed by atoms with van der Waals surface area (Å²) in [6, 6.07) is 21.1. The second-order valence-electron chi connectivity index (χ2n) is 11.2. The van der Waals surface area contributed by atoms with Crippen LogP contribution in [0.4, 0.5) is 0 Å². The maximum atomic E-state index is 12.1. The Kier molecular flexibility index (Phi) is 22.5. The summed E-state index contributed by atoms with van der Waals surface area (Å²) in [6.45, 7) is 8.67. The van der Waals surface area contributed by atoms with Crippen molar-refractivity contribution in [1.29, 1.82) is 0 Å². The molecule has 0 aromatic heterocycles. The molecule has 0 aliphatic heterocycles. The van der Waals surface area contributed by atoms with Crippen molar-refractivity contribution in [1.82, 2.24) is 0 Å². The predicted molar refractivity (Wildman–Crippen MR) is 197 cm³/mol. The van der Waals surface area contributed by atoms with E-state index in [4.69, 9.17) is 23.7 Å². The summed E-state index contributed by atoms with van der Waals surface area (Å²) in [5, 5.41) is 0. The maximum Gasteiger partial charge on any atom is 0.306 e. The highest BCUT2D eigenvalue weighted by atomic mass is 32.2. The van der Waals surface area contributed by atoms with Crippen LogP contribution in [-0.2, 0) is 43.2 Å². The average molecular weight is 701 g/mol. The predicted octanol–water partition coefficient (Wildman–Crippen LogP) is 7.36. The number of carbonyl (C=O) groups excluding carboxylic acids is 2. The van der Waals surface area contributed by atoms with Crippen LogP contribution in [0.2, 0.25) is 0 Å². The third kappa shape index (κ3) is 16.1. The maximum absolute atomic E-state index is 12.1. The Hall–Kier alpha value is -3.57. The number of ether oxygens (including phenoxy) is 5. The third-order valence-electron chi connectivity index (χ3n) is 7.67. The second-order valence-corrected chi connectivity index (χ2v) is 12.1. The fourth-order valence-corrected chi connectivity index (χ4v) is 5.72. The first-order valence-electron chi connectivity index (χ1n) is 17.0. The van der Waals surface area contributed by atoms with Gasteiger partial charge in [0.05, 0.1) is 33.0 Å². The molecule has 272 valence electrons. The van der Waals surface area contributed by atoms with Crippen LogP contribution >= 0.6 is 11.8 Å². The number of esters is 2. The van der Waals surface area contributed by atoms with Crippen molar-refractivity contribution in [2.75, 3.05) is 39.3 Å². The van der Waals surface area contributed by atoms with Gasteiger partial charge in [0.1, 0.15) is 11.5 Å². The fraction of sp³-hybridized carbons (Fsp3) is 0.487. The van der Waals surface area contributed by atoms with E-state index in [1.54, 1.807) is 18.7 Å². The molecule has 0 saturated heterocycles. The topological polar surface area (TPSA) is 143 Å². The molecule has 3 aromatic rings. The minimum Gasteiger partial charge on any atom is -0.494 e. The van der Waals surface area contributed by atoms with Gasteiger partial charge in [0, 0.05) is 24.3 Å². The van der Waals surface area contributed by atoms with E-state index in [0.717, 1.165) is 60.3 Å². The molecule has 0 fully saturated rings. The summed E-state index contributed by atoms with van der Waals surface area (Å²) < 4.78 is 28.2. The molecule has 0 heterocycles. The molecule has 0 amide bonds. The van der Waals surface area contributed by atoms with Crippen LogP contribution in [0.25, 0.3) is 11.1 Å². The zero-order valence-electron chi connectivity index (χ0n) is 29.6. The van der Waals surface area contributed by atoms with Gasteiger partial charge in [-0.25, -0.2) is 0 Å². The molecular formula is C39H56O9S. The van der Waals surface area contributed by atoms with Crippen molar-refractivity contribution in [3.05, 3.63) is 77.4 Å². The number of rotatable bonds is 23. The molecule has 10 heteroatoms. The molecule has 0 atom stereocenters. The van der Waals surface area contributed by atoms with Gasteiger partial charge < -0.3 is 34.6 Å². The lowest BCUT2D eigenvalue weighted by molar-refractivity contribution is -0.144. The lowest BCUT2D eigenvalue weighted by Gasteiger charge is -2.16. The number of hydrogen-bond acceptors (Lipinski definition) is 8. The molecule has 0 spiro atoms. The quantitative estimate of drug-likeness (QED) is 0.0567. The number of unbranched alkanes of at least 4 members (excludes halogenated alkanes) is 3. The van der Waals surface area contributed by atoms with Gasteiger partial charge in [-0.2, -0.15) is 0 Å². The van der Waals surface area contributed by atoms with Crippen molar-refractivity contribution in [3.63, 3.8) is 0 Å². The number of hydrogen-bond donors (Lipinski definition) is 0. The second kappa shape index (κ2) is 25.4. The lowest BCUT2D eigenvalue weighted by Crippen LogP contribution is -2.10. The van der Waals surface area contributed by atoms with Crippen LogP contribution in [0.1, 0.15) is 82.4 Å². The van der Waals surface area contributed by atoms with Crippen LogP contribution in [0.3, 0.4) is 0 Å². The fourth-order valence-electron chi connectivity index (χ4n) is 5.31. The van der Waals surface area contributed by atoms with Gasteiger partial charge in [-0.15, -0.1) is 11.8 Å². The highest BCUT2D eigenvalue weighted by Crippen LogP contribution is 2.29. The molecule has 0 aliphatic rings. The molecule has 3 rings (SSSR count). The van der Waals surface area contributed by atoms with Crippen molar-refractivity contribution >= 4 is 23.7 Å². The highest BCUT2D eigenvalue weighted by Gasteiger charge is 2.13. The smallest absolute Gasteiger partial charge is 0.306 e. The van der Waals surface area contributed by atoms with Crippen molar-refractivity contribution in [2.24, 2.45) is 0 Å². The van der Waals surface area contributed by atoms with Crippen LogP contribution in [-0.4, -0.2) is 62.2 Å². The molecule has 0 unspecified atom stereocenters. The van der Waals surface area contributed by atoms with E-state index >= 15 is 0 Å². The largest absolute Gasteiger partial charge is 0.494 e. The number of aryl methyl sites for hydroxylation is 1. The molecular weight excluding hydrogens is 644 g/mol. The van der Waals surface area contributed by atoms with Crippen molar-refractivity contribution in [3.8, 4) is 22.6 Å².